The van der Waals surface area contributed by atoms with Crippen molar-refractivity contribution < 1.29 is 17.9 Å². The summed E-state index contributed by atoms with van der Waals surface area (Å²) in [7, 11) is 0. The third-order valence-corrected chi connectivity index (χ3v) is 5.44. The largest absolute Gasteiger partial charge is 0.489 e. The maximum absolute atomic E-state index is 13.1. The summed E-state index contributed by atoms with van der Waals surface area (Å²) in [4.78, 5) is 0. The molecule has 4 nitrogen and oxygen atoms in total. The third-order valence-electron chi connectivity index (χ3n) is 5.44. The van der Waals surface area contributed by atoms with Gasteiger partial charge in [0.1, 0.15) is 12.4 Å². The molecule has 7 heteroatoms. The van der Waals surface area contributed by atoms with Crippen molar-refractivity contribution >= 4 is 10.9 Å². The number of nitriles is 1. The monoisotopic (exact) mass is 449 g/mol. The second-order valence-electron chi connectivity index (χ2n) is 7.80. The zero-order valence-corrected chi connectivity index (χ0v) is 17.8. The summed E-state index contributed by atoms with van der Waals surface area (Å²) >= 11 is 0. The maximum Gasteiger partial charge on any atom is 0.416 e. The number of fused-ring (bicyclic) bond motifs is 1. The van der Waals surface area contributed by atoms with Gasteiger partial charge in [-0.3, -0.25) is 0 Å². The Balaban J connectivity index is 1.59. The van der Waals surface area contributed by atoms with E-state index in [1.165, 1.54) is 12.1 Å². The minimum atomic E-state index is -4.37. The molecule has 2 N–H and O–H groups in total. The van der Waals surface area contributed by atoms with Crippen LogP contribution in [0.1, 0.15) is 27.8 Å². The fourth-order valence-corrected chi connectivity index (χ4v) is 3.81. The lowest BCUT2D eigenvalue weighted by Gasteiger charge is -2.11. The van der Waals surface area contributed by atoms with E-state index in [9.17, 15) is 13.2 Å². The minimum absolute atomic E-state index is 0.316. The van der Waals surface area contributed by atoms with Gasteiger partial charge in [0, 0.05) is 23.6 Å². The predicted molar refractivity (Wildman–Crippen MR) is 121 cm³/mol. The molecule has 0 radical (unpaired) electrons. The molecule has 0 amide bonds. The smallest absolute Gasteiger partial charge is 0.416 e. The van der Waals surface area contributed by atoms with Gasteiger partial charge in [-0.15, -0.1) is 0 Å². The van der Waals surface area contributed by atoms with Gasteiger partial charge in [0.25, 0.3) is 0 Å². The van der Waals surface area contributed by atoms with Crippen LogP contribution >= 0.6 is 0 Å². The number of aromatic nitrogens is 1. The van der Waals surface area contributed by atoms with Gasteiger partial charge < -0.3 is 15.0 Å². The molecule has 0 saturated carbocycles. The highest BCUT2D eigenvalue weighted by Crippen LogP contribution is 2.31. The van der Waals surface area contributed by atoms with Crippen molar-refractivity contribution in [3.63, 3.8) is 0 Å². The van der Waals surface area contributed by atoms with E-state index in [1.54, 1.807) is 18.2 Å². The normalized spacial score (nSPS) is 11.5. The predicted octanol–water partition coefficient (Wildman–Crippen LogP) is 5.66. The topological polar surface area (TPSA) is 64.0 Å². The lowest BCUT2D eigenvalue weighted by molar-refractivity contribution is -0.137. The zero-order valence-electron chi connectivity index (χ0n) is 17.8. The number of hydrogen-bond donors (Lipinski definition) is 1. The zero-order chi connectivity index (χ0) is 23.4. The van der Waals surface area contributed by atoms with Gasteiger partial charge in [-0.05, 0) is 72.1 Å². The summed E-state index contributed by atoms with van der Waals surface area (Å²) in [5, 5.41) is 9.87. The van der Waals surface area contributed by atoms with E-state index in [2.05, 4.69) is 6.07 Å². The van der Waals surface area contributed by atoms with Crippen LogP contribution in [0.5, 0.6) is 5.75 Å². The van der Waals surface area contributed by atoms with E-state index in [1.807, 2.05) is 41.1 Å². The lowest BCUT2D eigenvalue weighted by Crippen LogP contribution is -2.06. The van der Waals surface area contributed by atoms with Crippen LogP contribution in [0.3, 0.4) is 0 Å². The summed E-state index contributed by atoms with van der Waals surface area (Å²) in [6.45, 7) is 1.13. The van der Waals surface area contributed by atoms with Crippen LogP contribution in [0.4, 0.5) is 13.2 Å². The first kappa shape index (κ1) is 22.4. The fourth-order valence-electron chi connectivity index (χ4n) is 3.81. The van der Waals surface area contributed by atoms with Crippen molar-refractivity contribution in [2.45, 2.75) is 25.7 Å². The van der Waals surface area contributed by atoms with Crippen molar-refractivity contribution in [2.24, 2.45) is 5.73 Å². The molecule has 0 aliphatic rings. The van der Waals surface area contributed by atoms with Gasteiger partial charge in [0.15, 0.2) is 0 Å². The maximum atomic E-state index is 13.1. The van der Waals surface area contributed by atoms with E-state index in [0.29, 0.717) is 43.0 Å². The number of nitrogens with two attached hydrogens (primary N) is 1. The number of benzene rings is 3. The Hall–Kier alpha value is -3.76. The quantitative estimate of drug-likeness (QED) is 0.396. The molecule has 0 atom stereocenters. The highest BCUT2D eigenvalue weighted by atomic mass is 19.4. The molecule has 0 saturated heterocycles. The Labute approximate surface area is 189 Å². The Bertz CT molecular complexity index is 1300. The van der Waals surface area contributed by atoms with E-state index < -0.39 is 11.7 Å². The van der Waals surface area contributed by atoms with Crippen LogP contribution < -0.4 is 10.5 Å². The van der Waals surface area contributed by atoms with E-state index >= 15 is 0 Å². The fraction of sp³-hybridized carbons (Fsp3) is 0.192. The summed E-state index contributed by atoms with van der Waals surface area (Å²) in [5.41, 5.74) is 9.16. The van der Waals surface area contributed by atoms with Gasteiger partial charge in [0.2, 0.25) is 0 Å². The van der Waals surface area contributed by atoms with E-state index in [0.717, 1.165) is 28.1 Å². The second kappa shape index (κ2) is 9.39. The Morgan fingerprint density at radius 2 is 1.76 bits per heavy atom. The first-order valence-electron chi connectivity index (χ1n) is 10.5. The van der Waals surface area contributed by atoms with Gasteiger partial charge in [-0.2, -0.15) is 18.4 Å². The van der Waals surface area contributed by atoms with Crippen molar-refractivity contribution in [3.8, 4) is 11.8 Å². The molecule has 3 aromatic carbocycles. The second-order valence-corrected chi connectivity index (χ2v) is 7.80. The molecule has 4 aromatic rings. The average Bonchev–Trinajstić information content (AvgIpc) is 3.14. The highest BCUT2D eigenvalue weighted by molar-refractivity contribution is 5.85. The SMILES string of the molecule is N#Cc1ccc(COc2ccc3c(c2)c(CCN)cn3Cc2cccc(C(F)(F)F)c2)cc1. The molecule has 0 fully saturated rings. The average molecular weight is 449 g/mol. The molecule has 0 aliphatic carbocycles. The molecule has 0 aliphatic heterocycles. The van der Waals surface area contributed by atoms with E-state index in [-0.39, 0.29) is 0 Å². The van der Waals surface area contributed by atoms with Gasteiger partial charge in [-0.1, -0.05) is 24.3 Å². The van der Waals surface area contributed by atoms with Gasteiger partial charge in [0.05, 0.1) is 17.2 Å². The van der Waals surface area contributed by atoms with Gasteiger partial charge >= 0.3 is 6.18 Å². The summed E-state index contributed by atoms with van der Waals surface area (Å²) in [6, 6.07) is 20.4. The minimum Gasteiger partial charge on any atom is -0.489 e. The molecule has 4 rings (SSSR count). The summed E-state index contributed by atoms with van der Waals surface area (Å²) in [6.07, 6.45) is -1.78. The highest BCUT2D eigenvalue weighted by Gasteiger charge is 2.30. The Kier molecular flexibility index (Phi) is 6.38. The van der Waals surface area contributed by atoms with Gasteiger partial charge in [-0.25, -0.2) is 0 Å². The molecule has 0 spiro atoms. The number of ether oxygens (including phenoxy) is 1. The van der Waals surface area contributed by atoms with Crippen LogP contribution in [0.25, 0.3) is 10.9 Å². The molecule has 0 bridgehead atoms. The van der Waals surface area contributed by atoms with Crippen molar-refractivity contribution in [2.75, 3.05) is 6.54 Å². The number of rotatable bonds is 7. The van der Waals surface area contributed by atoms with E-state index in [4.69, 9.17) is 15.7 Å². The molecule has 168 valence electrons. The lowest BCUT2D eigenvalue weighted by atomic mass is 10.1. The number of hydrogen-bond acceptors (Lipinski definition) is 3. The standard InChI is InChI=1S/C26H22F3N3O/c27-26(28,29)22-3-1-2-20(12-22)15-32-16-21(10-11-30)24-13-23(8-9-25(24)32)33-17-19-6-4-18(14-31)5-7-19/h1-9,12-13,16H,10-11,15,17,30H2. The summed E-state index contributed by atoms with van der Waals surface area (Å²) in [5.74, 6) is 0.682. The van der Waals surface area contributed by atoms with Crippen LogP contribution in [0.2, 0.25) is 0 Å². The van der Waals surface area contributed by atoms with Crippen LogP contribution in [0, 0.1) is 11.3 Å². The molecular weight excluding hydrogens is 427 g/mol. The third kappa shape index (κ3) is 5.18. The molecule has 0 unspecified atom stereocenters. The van der Waals surface area contributed by atoms with Crippen LogP contribution in [-0.4, -0.2) is 11.1 Å². The van der Waals surface area contributed by atoms with Crippen molar-refractivity contribution in [3.05, 3.63) is 101 Å². The van der Waals surface area contributed by atoms with Crippen LogP contribution in [-0.2, 0) is 25.7 Å². The molecule has 1 heterocycles. The van der Waals surface area contributed by atoms with Crippen molar-refractivity contribution in [1.82, 2.24) is 4.57 Å². The number of nitrogens with zero attached hydrogens (tertiary/aromatic N) is 2. The first-order valence-corrected chi connectivity index (χ1v) is 10.5. The Morgan fingerprint density at radius 1 is 0.970 bits per heavy atom. The number of alkyl halides is 3. The number of halogens is 3. The summed E-state index contributed by atoms with van der Waals surface area (Å²) < 4.78 is 47.2. The molecular formula is C26H22F3N3O. The molecule has 33 heavy (non-hydrogen) atoms. The van der Waals surface area contributed by atoms with Crippen molar-refractivity contribution in [1.29, 1.82) is 5.26 Å². The first-order chi connectivity index (χ1) is 15.9. The van der Waals surface area contributed by atoms with Crippen LogP contribution in [0.15, 0.2) is 72.9 Å². The Morgan fingerprint density at radius 3 is 2.45 bits per heavy atom. The molecule has 1 aromatic heterocycles.